The van der Waals surface area contributed by atoms with E-state index in [1.54, 1.807) is 12.1 Å². The summed E-state index contributed by atoms with van der Waals surface area (Å²) in [5.41, 5.74) is 3.21. The van der Waals surface area contributed by atoms with Crippen molar-refractivity contribution < 1.29 is 31.0 Å². The Hall–Kier alpha value is -1.29. The second-order valence-electron chi connectivity index (χ2n) is 6.24. The van der Waals surface area contributed by atoms with Gasteiger partial charge >= 0.3 is 23.0 Å². The van der Waals surface area contributed by atoms with Crippen LogP contribution in [-0.2, 0) is 21.8 Å². The molecule has 2 aromatic carbocycles. The molecular formula is C25H21FFeO2S+2. The van der Waals surface area contributed by atoms with Gasteiger partial charge in [0.2, 0.25) is 0 Å². The molecule has 2 saturated carbocycles. The third-order valence-electron chi connectivity index (χ3n) is 4.42. The van der Waals surface area contributed by atoms with E-state index in [4.69, 9.17) is 4.74 Å². The molecule has 152 valence electrons. The monoisotopic (exact) mass is 460 g/mol. The summed E-state index contributed by atoms with van der Waals surface area (Å²) in [7, 11) is 1.38. The van der Waals surface area contributed by atoms with Gasteiger partial charge in [-0.05, 0) is 105 Å². The number of hydrogen-bond acceptors (Lipinski definition) is 3. The molecule has 2 aliphatic carbocycles. The SMILES string of the molecule is COC(=O)c1c(SC)cc(-c2ccc(F)cc2)cc1[C]1[CH][CH][CH][CH]1.[CH]1[CH][CH][CH][CH]1.[Fe+2]. The number of benzene rings is 2. The average Bonchev–Trinajstić information content (AvgIpc) is 3.49. The van der Waals surface area contributed by atoms with Gasteiger partial charge in [-0.15, -0.1) is 11.8 Å². The van der Waals surface area contributed by atoms with Crippen molar-refractivity contribution in [3.63, 3.8) is 0 Å². The van der Waals surface area contributed by atoms with Crippen LogP contribution in [0.3, 0.4) is 0 Å². The number of carbonyl (C=O) groups is 1. The van der Waals surface area contributed by atoms with E-state index in [-0.39, 0.29) is 28.9 Å². The first-order valence-electron chi connectivity index (χ1n) is 9.09. The molecule has 0 amide bonds. The summed E-state index contributed by atoms with van der Waals surface area (Å²) >= 11 is 1.49. The summed E-state index contributed by atoms with van der Waals surface area (Å²) in [6.45, 7) is 0. The zero-order valence-corrected chi connectivity index (χ0v) is 18.5. The van der Waals surface area contributed by atoms with Crippen LogP contribution in [0.2, 0.25) is 0 Å². The molecule has 5 heteroatoms. The number of methoxy groups -OCH3 is 1. The van der Waals surface area contributed by atoms with Gasteiger partial charge in [-0.1, -0.05) is 12.1 Å². The molecule has 0 aliphatic heterocycles. The average molecular weight is 460 g/mol. The molecule has 2 aromatic rings. The van der Waals surface area contributed by atoms with Crippen LogP contribution in [-0.4, -0.2) is 19.3 Å². The maximum Gasteiger partial charge on any atom is 2.00 e. The number of carbonyl (C=O) groups excluding carboxylic acids is 1. The number of halogens is 1. The van der Waals surface area contributed by atoms with E-state index < -0.39 is 0 Å². The second-order valence-corrected chi connectivity index (χ2v) is 7.08. The van der Waals surface area contributed by atoms with Crippen LogP contribution in [0, 0.1) is 69.5 Å². The molecule has 2 nitrogen and oxygen atoms in total. The second kappa shape index (κ2) is 12.5. The maximum atomic E-state index is 13.2. The molecule has 0 aromatic heterocycles. The number of thioether (sulfide) groups is 1. The van der Waals surface area contributed by atoms with Crippen molar-refractivity contribution in [2.45, 2.75) is 4.90 Å². The predicted octanol–water partition coefficient (Wildman–Crippen LogP) is 5.77. The number of rotatable bonds is 4. The fourth-order valence-corrected chi connectivity index (χ4v) is 3.64. The van der Waals surface area contributed by atoms with Crippen molar-refractivity contribution in [1.29, 1.82) is 0 Å². The van der Waals surface area contributed by atoms with Crippen molar-refractivity contribution in [1.82, 2.24) is 0 Å². The van der Waals surface area contributed by atoms with E-state index in [1.165, 1.54) is 31.0 Å². The fraction of sp³-hybridized carbons (Fsp3) is 0.0800. The number of ether oxygens (including phenoxy) is 1. The van der Waals surface area contributed by atoms with E-state index in [1.807, 2.05) is 76.2 Å². The van der Waals surface area contributed by atoms with E-state index in [0.29, 0.717) is 5.56 Å². The van der Waals surface area contributed by atoms with Gasteiger partial charge in [0.1, 0.15) is 5.82 Å². The zero-order chi connectivity index (χ0) is 20.6. The molecule has 0 bridgehead atoms. The normalized spacial score (nSPS) is 15.8. The summed E-state index contributed by atoms with van der Waals surface area (Å²) in [5, 5.41) is 0. The molecule has 0 spiro atoms. The molecule has 2 aliphatic rings. The Morgan fingerprint density at radius 2 is 1.43 bits per heavy atom. The quantitative estimate of drug-likeness (QED) is 0.329. The largest absolute Gasteiger partial charge is 2.00 e. The Labute approximate surface area is 194 Å². The standard InChI is InChI=1S/C20H16FO2S.C5H5.Fe/c1-23-20(22)19-17(14-5-3-4-6-14)11-15(12-18(19)24-2)13-7-9-16(21)10-8-13;1-2-4-5-3-1;/h3-12H,1-2H3;1-5H;/q;;+2. The van der Waals surface area contributed by atoms with Gasteiger partial charge in [-0.25, -0.2) is 9.18 Å². The number of esters is 1. The van der Waals surface area contributed by atoms with E-state index in [9.17, 15) is 9.18 Å². The van der Waals surface area contributed by atoms with Crippen molar-refractivity contribution in [2.24, 2.45) is 0 Å². The molecule has 4 rings (SSSR count). The zero-order valence-electron chi connectivity index (χ0n) is 16.6. The molecule has 2 fully saturated rings. The van der Waals surface area contributed by atoms with Gasteiger partial charge < -0.3 is 4.74 Å². The van der Waals surface area contributed by atoms with E-state index in [0.717, 1.165) is 27.5 Å². The maximum absolute atomic E-state index is 13.2. The molecule has 30 heavy (non-hydrogen) atoms. The first-order valence-corrected chi connectivity index (χ1v) is 10.3. The Morgan fingerprint density at radius 1 is 0.867 bits per heavy atom. The molecule has 0 atom stereocenters. The Balaban J connectivity index is 0.000000468. The van der Waals surface area contributed by atoms with Gasteiger partial charge in [0.05, 0.1) is 12.7 Å². The predicted molar refractivity (Wildman–Crippen MR) is 116 cm³/mol. The topological polar surface area (TPSA) is 26.3 Å². The summed E-state index contributed by atoms with van der Waals surface area (Å²) < 4.78 is 18.2. The van der Waals surface area contributed by atoms with Gasteiger partial charge in [0, 0.05) is 10.8 Å². The minimum Gasteiger partial charge on any atom is -0.465 e. The third kappa shape index (κ3) is 6.35. The third-order valence-corrected chi connectivity index (χ3v) is 5.18. The van der Waals surface area contributed by atoms with Crippen molar-refractivity contribution in [2.75, 3.05) is 13.4 Å². The smallest absolute Gasteiger partial charge is 0.465 e. The Kier molecular flexibility index (Phi) is 10.4. The molecular weight excluding hydrogens is 439 g/mol. The molecule has 0 N–H and O–H groups in total. The van der Waals surface area contributed by atoms with Crippen molar-refractivity contribution >= 4 is 17.7 Å². The summed E-state index contributed by atoms with van der Waals surface area (Å²) in [5.74, 6) is 0.321. The summed E-state index contributed by atoms with van der Waals surface area (Å²) in [6, 6.07) is 10.2. The van der Waals surface area contributed by atoms with Crippen LogP contribution in [0.25, 0.3) is 11.1 Å². The summed E-state index contributed by atoms with van der Waals surface area (Å²) in [4.78, 5) is 13.1. The van der Waals surface area contributed by atoms with Crippen LogP contribution >= 0.6 is 11.8 Å². The molecule has 0 saturated heterocycles. The van der Waals surface area contributed by atoms with Gasteiger partial charge in [-0.2, -0.15) is 0 Å². The van der Waals surface area contributed by atoms with Crippen LogP contribution in [0.4, 0.5) is 4.39 Å². The van der Waals surface area contributed by atoms with Crippen LogP contribution in [0.1, 0.15) is 15.9 Å². The minimum absolute atomic E-state index is 0. The Morgan fingerprint density at radius 3 is 1.93 bits per heavy atom. The summed E-state index contributed by atoms with van der Waals surface area (Å²) in [6.07, 6.45) is 19.7. The molecule has 10 radical (unpaired) electrons. The van der Waals surface area contributed by atoms with Crippen molar-refractivity contribution in [3.8, 4) is 11.1 Å². The van der Waals surface area contributed by atoms with Gasteiger partial charge in [0.15, 0.2) is 0 Å². The fourth-order valence-electron chi connectivity index (χ4n) is 3.00. The van der Waals surface area contributed by atoms with Gasteiger partial charge in [0.25, 0.3) is 0 Å². The van der Waals surface area contributed by atoms with Crippen molar-refractivity contribution in [3.05, 3.63) is 117 Å². The Bertz CT molecular complexity index is 805. The molecule has 0 unspecified atom stereocenters. The van der Waals surface area contributed by atoms with E-state index >= 15 is 0 Å². The first-order chi connectivity index (χ1) is 14.1. The first kappa shape index (κ1) is 25.0. The van der Waals surface area contributed by atoms with Crippen LogP contribution < -0.4 is 0 Å². The minimum atomic E-state index is -0.360. The van der Waals surface area contributed by atoms with Crippen LogP contribution in [0.15, 0.2) is 41.3 Å². The number of hydrogen-bond donors (Lipinski definition) is 0. The van der Waals surface area contributed by atoms with E-state index in [2.05, 4.69) is 0 Å². The van der Waals surface area contributed by atoms with Gasteiger partial charge in [-0.3, -0.25) is 0 Å². The molecule has 0 heterocycles. The van der Waals surface area contributed by atoms with Crippen LogP contribution in [0.5, 0.6) is 0 Å².